The van der Waals surface area contributed by atoms with Crippen LogP contribution in [0.15, 0.2) is 22.1 Å². The van der Waals surface area contributed by atoms with Gasteiger partial charge in [0.2, 0.25) is 0 Å². The minimum absolute atomic E-state index is 0.190. The number of halogens is 2. The number of amides is 1. The van der Waals surface area contributed by atoms with Crippen molar-refractivity contribution in [1.29, 1.82) is 0 Å². The third-order valence-corrected chi connectivity index (χ3v) is 3.16. The Morgan fingerprint density at radius 2 is 2.25 bits per heavy atom. The molecular weight excluding hydrogens is 316 g/mol. The van der Waals surface area contributed by atoms with Crippen LogP contribution in [0.2, 0.25) is 5.15 Å². The second-order valence-electron chi connectivity index (χ2n) is 2.66. The molecule has 16 heavy (non-hydrogen) atoms. The number of nitrogens with zero attached hydrogens (tertiary/aromatic N) is 3. The van der Waals surface area contributed by atoms with Gasteiger partial charge in [-0.3, -0.25) is 10.1 Å². The van der Waals surface area contributed by atoms with Crippen molar-refractivity contribution < 1.29 is 4.79 Å². The van der Waals surface area contributed by atoms with Gasteiger partial charge in [-0.15, -0.1) is 10.2 Å². The maximum absolute atomic E-state index is 11.6. The van der Waals surface area contributed by atoms with Crippen molar-refractivity contribution in [2.75, 3.05) is 5.32 Å². The standard InChI is InChI=1S/C8H4BrClN4OS/c9-5-3-11-8(16-5)12-7(15)4-1-2-6(10)14-13-4/h1-3H,(H,11,12,15). The van der Waals surface area contributed by atoms with Crippen LogP contribution in [-0.4, -0.2) is 21.1 Å². The Morgan fingerprint density at radius 3 is 2.81 bits per heavy atom. The molecule has 8 heteroatoms. The Labute approximate surface area is 108 Å². The lowest BCUT2D eigenvalue weighted by atomic mass is 10.4. The lowest BCUT2D eigenvalue weighted by Gasteiger charge is -1.99. The van der Waals surface area contributed by atoms with E-state index in [0.29, 0.717) is 5.13 Å². The fourth-order valence-corrected chi connectivity index (χ4v) is 2.11. The number of carbonyl (C=O) groups is 1. The van der Waals surface area contributed by atoms with Gasteiger partial charge in [-0.2, -0.15) is 0 Å². The molecule has 0 bridgehead atoms. The number of nitrogens with one attached hydrogen (secondary N) is 1. The fraction of sp³-hybridized carbons (Fsp3) is 0. The molecule has 0 atom stereocenters. The molecule has 82 valence electrons. The third-order valence-electron chi connectivity index (χ3n) is 1.56. The van der Waals surface area contributed by atoms with Gasteiger partial charge in [0, 0.05) is 0 Å². The van der Waals surface area contributed by atoms with Crippen molar-refractivity contribution in [3.63, 3.8) is 0 Å². The van der Waals surface area contributed by atoms with Crippen molar-refractivity contribution in [3.8, 4) is 0 Å². The Hall–Kier alpha value is -1.05. The average Bonchev–Trinajstić information content (AvgIpc) is 2.65. The molecule has 2 rings (SSSR count). The SMILES string of the molecule is O=C(Nc1ncc(Br)s1)c1ccc(Cl)nn1. The quantitative estimate of drug-likeness (QED) is 0.924. The molecule has 0 aliphatic carbocycles. The van der Waals surface area contributed by atoms with Crippen molar-refractivity contribution in [1.82, 2.24) is 15.2 Å². The third kappa shape index (κ3) is 2.75. The number of aromatic nitrogens is 3. The number of carbonyl (C=O) groups excluding carboxylic acids is 1. The summed E-state index contributed by atoms with van der Waals surface area (Å²) in [5.74, 6) is -0.369. The molecule has 2 aromatic rings. The highest BCUT2D eigenvalue weighted by molar-refractivity contribution is 9.11. The molecular formula is C8H4BrClN4OS. The summed E-state index contributed by atoms with van der Waals surface area (Å²) in [6.45, 7) is 0. The Bertz CT molecular complexity index is 515. The summed E-state index contributed by atoms with van der Waals surface area (Å²) < 4.78 is 0.838. The average molecular weight is 320 g/mol. The zero-order valence-electron chi connectivity index (χ0n) is 7.65. The first-order valence-electron chi connectivity index (χ1n) is 4.07. The van der Waals surface area contributed by atoms with Gasteiger partial charge in [0.15, 0.2) is 16.0 Å². The van der Waals surface area contributed by atoms with Gasteiger partial charge < -0.3 is 0 Å². The van der Waals surface area contributed by atoms with Gasteiger partial charge >= 0.3 is 0 Å². The van der Waals surface area contributed by atoms with Gasteiger partial charge in [0.05, 0.1) is 9.98 Å². The van der Waals surface area contributed by atoms with E-state index in [2.05, 4.69) is 36.4 Å². The highest BCUT2D eigenvalue weighted by Gasteiger charge is 2.10. The van der Waals surface area contributed by atoms with Crippen LogP contribution in [0.5, 0.6) is 0 Å². The van der Waals surface area contributed by atoms with E-state index in [0.717, 1.165) is 3.79 Å². The monoisotopic (exact) mass is 318 g/mol. The number of anilines is 1. The molecule has 0 fully saturated rings. The van der Waals surface area contributed by atoms with Crippen LogP contribution >= 0.6 is 38.9 Å². The molecule has 0 aliphatic heterocycles. The second kappa shape index (κ2) is 4.86. The van der Waals surface area contributed by atoms with Crippen LogP contribution in [0.25, 0.3) is 0 Å². The molecule has 2 heterocycles. The van der Waals surface area contributed by atoms with Crippen molar-refractivity contribution in [2.24, 2.45) is 0 Å². The minimum atomic E-state index is -0.369. The van der Waals surface area contributed by atoms with E-state index in [1.807, 2.05) is 0 Å². The maximum Gasteiger partial charge on any atom is 0.277 e. The molecule has 0 aliphatic rings. The molecule has 0 saturated heterocycles. The van der Waals surface area contributed by atoms with E-state index in [1.54, 1.807) is 6.20 Å². The van der Waals surface area contributed by atoms with E-state index in [-0.39, 0.29) is 16.8 Å². The first-order valence-corrected chi connectivity index (χ1v) is 6.06. The zero-order valence-corrected chi connectivity index (χ0v) is 10.8. The van der Waals surface area contributed by atoms with Crippen molar-refractivity contribution in [2.45, 2.75) is 0 Å². The Morgan fingerprint density at radius 1 is 1.44 bits per heavy atom. The number of hydrogen-bond acceptors (Lipinski definition) is 5. The smallest absolute Gasteiger partial charge is 0.277 e. The summed E-state index contributed by atoms with van der Waals surface area (Å²) in [5, 5.41) is 10.6. The summed E-state index contributed by atoms with van der Waals surface area (Å²) in [6.07, 6.45) is 1.60. The summed E-state index contributed by atoms with van der Waals surface area (Å²) in [7, 11) is 0. The number of thiazole rings is 1. The largest absolute Gasteiger partial charge is 0.296 e. The molecule has 2 aromatic heterocycles. The highest BCUT2D eigenvalue weighted by atomic mass is 79.9. The summed E-state index contributed by atoms with van der Waals surface area (Å²) >= 11 is 10.1. The molecule has 0 unspecified atom stereocenters. The lowest BCUT2D eigenvalue weighted by Crippen LogP contribution is -2.13. The van der Waals surface area contributed by atoms with E-state index in [9.17, 15) is 4.79 Å². The fourth-order valence-electron chi connectivity index (χ4n) is 0.910. The summed E-state index contributed by atoms with van der Waals surface area (Å²) in [6, 6.07) is 2.99. The Balaban J connectivity index is 2.11. The molecule has 0 aromatic carbocycles. The van der Waals surface area contributed by atoms with Crippen LogP contribution in [0.3, 0.4) is 0 Å². The van der Waals surface area contributed by atoms with Crippen LogP contribution in [0.4, 0.5) is 5.13 Å². The van der Waals surface area contributed by atoms with Crippen molar-refractivity contribution >= 4 is 49.9 Å². The van der Waals surface area contributed by atoms with Crippen LogP contribution in [0.1, 0.15) is 10.5 Å². The normalized spacial score (nSPS) is 10.1. The topological polar surface area (TPSA) is 67.8 Å². The first kappa shape index (κ1) is 11.4. The number of rotatable bonds is 2. The minimum Gasteiger partial charge on any atom is -0.296 e. The van der Waals surface area contributed by atoms with E-state index in [4.69, 9.17) is 11.6 Å². The Kier molecular flexibility index (Phi) is 3.47. The second-order valence-corrected chi connectivity index (χ2v) is 5.46. The number of hydrogen-bond donors (Lipinski definition) is 1. The van der Waals surface area contributed by atoms with Gasteiger partial charge in [-0.05, 0) is 28.1 Å². The molecule has 0 spiro atoms. The molecule has 0 radical (unpaired) electrons. The van der Waals surface area contributed by atoms with Gasteiger partial charge in [-0.1, -0.05) is 22.9 Å². The van der Waals surface area contributed by atoms with Crippen LogP contribution < -0.4 is 5.32 Å². The van der Waals surface area contributed by atoms with Crippen LogP contribution in [-0.2, 0) is 0 Å². The van der Waals surface area contributed by atoms with Gasteiger partial charge in [-0.25, -0.2) is 4.98 Å². The molecule has 5 nitrogen and oxygen atoms in total. The molecule has 0 saturated carbocycles. The van der Waals surface area contributed by atoms with Gasteiger partial charge in [0.1, 0.15) is 0 Å². The molecule has 1 amide bonds. The maximum atomic E-state index is 11.6. The van der Waals surface area contributed by atoms with E-state index >= 15 is 0 Å². The first-order chi connectivity index (χ1) is 7.65. The van der Waals surface area contributed by atoms with Crippen LogP contribution in [0, 0.1) is 0 Å². The highest BCUT2D eigenvalue weighted by Crippen LogP contribution is 2.23. The predicted octanol–water partition coefficient (Wildman–Crippen LogP) is 2.60. The van der Waals surface area contributed by atoms with Gasteiger partial charge in [0.25, 0.3) is 5.91 Å². The summed E-state index contributed by atoms with van der Waals surface area (Å²) in [4.78, 5) is 15.6. The van der Waals surface area contributed by atoms with Crippen molar-refractivity contribution in [3.05, 3.63) is 33.0 Å². The molecule has 1 N–H and O–H groups in total. The van der Waals surface area contributed by atoms with E-state index in [1.165, 1.54) is 23.5 Å². The zero-order chi connectivity index (χ0) is 11.5. The lowest BCUT2D eigenvalue weighted by molar-refractivity contribution is 0.102. The van der Waals surface area contributed by atoms with E-state index < -0.39 is 0 Å². The predicted molar refractivity (Wildman–Crippen MR) is 64.8 cm³/mol. The summed E-state index contributed by atoms with van der Waals surface area (Å²) in [5.41, 5.74) is 0.190.